The Kier molecular flexibility index (Phi) is 11.2. The van der Waals surface area contributed by atoms with Gasteiger partial charge in [0.2, 0.25) is 17.7 Å². The molecule has 4 atom stereocenters. The highest BCUT2D eigenvalue weighted by Gasteiger charge is 2.50. The maximum absolute atomic E-state index is 13.9. The first-order valence-corrected chi connectivity index (χ1v) is 16.0. The van der Waals surface area contributed by atoms with Crippen LogP contribution in [0.5, 0.6) is 5.75 Å². The van der Waals surface area contributed by atoms with Crippen molar-refractivity contribution < 1.29 is 38.1 Å². The fourth-order valence-electron chi connectivity index (χ4n) is 5.62. The Hall–Kier alpha value is -3.32. The van der Waals surface area contributed by atoms with Crippen LogP contribution in [0.25, 0.3) is 0 Å². The number of nitrogens with zero attached hydrogens (tertiary/aromatic N) is 1. The summed E-state index contributed by atoms with van der Waals surface area (Å²) in [5.41, 5.74) is 1.01. The fourth-order valence-corrected chi connectivity index (χ4v) is 5.62. The molecule has 2 aliphatic heterocycles. The van der Waals surface area contributed by atoms with Crippen LogP contribution in [0.3, 0.4) is 0 Å². The van der Waals surface area contributed by atoms with Gasteiger partial charge in [0.15, 0.2) is 5.78 Å². The SMILES string of the molecule is COc1ccc(C[C@H](NC(=O)[C@H](COC2CC2)NC(=O)CN2CCOCC2)C(=O)N[C@@H](CC2=CCCC2)C(=O)[C@@]2(C)CO2)cc1. The Balaban J connectivity index is 1.30. The molecule has 246 valence electrons. The van der Waals surface area contributed by atoms with Crippen LogP contribution in [0.4, 0.5) is 0 Å². The van der Waals surface area contributed by atoms with Gasteiger partial charge in [-0.25, -0.2) is 0 Å². The molecule has 5 rings (SSSR count). The lowest BCUT2D eigenvalue weighted by Gasteiger charge is -2.28. The minimum absolute atomic E-state index is 0.00676. The Morgan fingerprint density at radius 1 is 0.978 bits per heavy atom. The maximum Gasteiger partial charge on any atom is 0.245 e. The van der Waals surface area contributed by atoms with Gasteiger partial charge in [-0.3, -0.25) is 24.1 Å². The van der Waals surface area contributed by atoms with Crippen molar-refractivity contribution in [1.29, 1.82) is 0 Å². The quantitative estimate of drug-likeness (QED) is 0.171. The smallest absolute Gasteiger partial charge is 0.245 e. The molecule has 0 spiro atoms. The number of hydrogen-bond donors (Lipinski definition) is 3. The molecule has 1 aromatic carbocycles. The zero-order valence-corrected chi connectivity index (χ0v) is 26.3. The first kappa shape index (κ1) is 33.1. The van der Waals surface area contributed by atoms with Crippen molar-refractivity contribution in [2.45, 2.75) is 81.7 Å². The molecule has 3 N–H and O–H groups in total. The molecule has 0 bridgehead atoms. The third-order valence-electron chi connectivity index (χ3n) is 8.71. The van der Waals surface area contributed by atoms with Crippen molar-refractivity contribution in [3.8, 4) is 5.75 Å². The van der Waals surface area contributed by atoms with Gasteiger partial charge in [0.25, 0.3) is 0 Å². The number of benzene rings is 1. The van der Waals surface area contributed by atoms with Gasteiger partial charge in [-0.1, -0.05) is 23.8 Å². The van der Waals surface area contributed by atoms with Gasteiger partial charge in [0, 0.05) is 19.5 Å². The minimum Gasteiger partial charge on any atom is -0.497 e. The summed E-state index contributed by atoms with van der Waals surface area (Å²) in [6.45, 7) is 4.54. The van der Waals surface area contributed by atoms with E-state index >= 15 is 0 Å². The highest BCUT2D eigenvalue weighted by atomic mass is 16.6. The third-order valence-corrected chi connectivity index (χ3v) is 8.71. The molecule has 0 radical (unpaired) electrons. The Labute approximate surface area is 264 Å². The van der Waals surface area contributed by atoms with Crippen LogP contribution in [-0.4, -0.2) is 111 Å². The minimum atomic E-state index is -1.02. The van der Waals surface area contributed by atoms with Gasteiger partial charge in [0.05, 0.1) is 52.2 Å². The van der Waals surface area contributed by atoms with Crippen LogP contribution < -0.4 is 20.7 Å². The molecule has 0 unspecified atom stereocenters. The molecule has 12 heteroatoms. The van der Waals surface area contributed by atoms with Crippen LogP contribution in [0.15, 0.2) is 35.9 Å². The summed E-state index contributed by atoms with van der Waals surface area (Å²) in [4.78, 5) is 56.0. The number of amides is 3. The van der Waals surface area contributed by atoms with Gasteiger partial charge in [-0.05, 0) is 63.1 Å². The standard InChI is InChI=1S/C33H46N4O8/c1-33(21-45-33)30(39)26(17-22-5-3-4-6-22)35-31(40)27(18-23-7-9-24(42-2)10-8-23)36-32(41)28(20-44-25-11-12-25)34-29(38)19-37-13-15-43-16-14-37/h5,7-10,25-28H,3-4,6,11-21H2,1-2H3,(H,34,38)(H,35,40)(H,36,41)/t26-,27-,28-,33+/m0/s1. The van der Waals surface area contributed by atoms with E-state index in [1.807, 2.05) is 17.0 Å². The maximum atomic E-state index is 13.9. The van der Waals surface area contributed by atoms with Gasteiger partial charge in [-0.15, -0.1) is 0 Å². The summed E-state index contributed by atoms with van der Waals surface area (Å²) in [5.74, 6) is -0.831. The zero-order chi connectivity index (χ0) is 31.8. The van der Waals surface area contributed by atoms with E-state index in [0.29, 0.717) is 45.1 Å². The van der Waals surface area contributed by atoms with E-state index in [9.17, 15) is 19.2 Å². The predicted octanol–water partition coefficient (Wildman–Crippen LogP) is 1.06. The number of epoxide rings is 1. The van der Waals surface area contributed by atoms with Gasteiger partial charge < -0.3 is 34.9 Å². The molecule has 2 aliphatic carbocycles. The molecule has 12 nitrogen and oxygen atoms in total. The number of rotatable bonds is 17. The van der Waals surface area contributed by atoms with Gasteiger partial charge >= 0.3 is 0 Å². The van der Waals surface area contributed by atoms with Gasteiger partial charge in [0.1, 0.15) is 23.4 Å². The van der Waals surface area contributed by atoms with Crippen molar-refractivity contribution in [2.75, 3.05) is 53.2 Å². The van der Waals surface area contributed by atoms with Crippen LogP contribution in [0.1, 0.15) is 51.0 Å². The summed E-state index contributed by atoms with van der Waals surface area (Å²) in [6.07, 6.45) is 7.45. The van der Waals surface area contributed by atoms with Crippen molar-refractivity contribution >= 4 is 23.5 Å². The van der Waals surface area contributed by atoms with E-state index in [4.69, 9.17) is 18.9 Å². The molecule has 45 heavy (non-hydrogen) atoms. The number of allylic oxidation sites excluding steroid dienone is 1. The van der Waals surface area contributed by atoms with E-state index in [-0.39, 0.29) is 37.4 Å². The molecule has 2 heterocycles. The lowest BCUT2D eigenvalue weighted by molar-refractivity contribution is -0.135. The lowest BCUT2D eigenvalue weighted by atomic mass is 9.94. The summed E-state index contributed by atoms with van der Waals surface area (Å²) < 4.78 is 21.9. The largest absolute Gasteiger partial charge is 0.497 e. The van der Waals surface area contributed by atoms with Crippen LogP contribution in [0, 0.1) is 0 Å². The van der Waals surface area contributed by atoms with Crippen molar-refractivity contribution in [2.24, 2.45) is 0 Å². The number of methoxy groups -OCH3 is 1. The number of ketones is 1. The molecule has 4 aliphatic rings. The van der Waals surface area contributed by atoms with Crippen molar-refractivity contribution in [3.63, 3.8) is 0 Å². The topological polar surface area (TPSA) is 148 Å². The number of ether oxygens (including phenoxy) is 4. The van der Waals surface area contributed by atoms with Crippen LogP contribution in [0.2, 0.25) is 0 Å². The summed E-state index contributed by atoms with van der Waals surface area (Å²) in [7, 11) is 1.57. The molecule has 0 aromatic heterocycles. The monoisotopic (exact) mass is 626 g/mol. The molecule has 2 saturated heterocycles. The first-order chi connectivity index (χ1) is 21.7. The Bertz CT molecular complexity index is 1240. The van der Waals surface area contributed by atoms with Crippen LogP contribution >= 0.6 is 0 Å². The second-order valence-corrected chi connectivity index (χ2v) is 12.6. The highest BCUT2D eigenvalue weighted by Crippen LogP contribution is 2.31. The molecule has 3 fully saturated rings. The number of Topliss-reactive ketones (excluding diaryl/α,β-unsaturated/α-hetero) is 1. The number of morpholine rings is 1. The average molecular weight is 627 g/mol. The normalized spacial score (nSPS) is 23.3. The number of nitrogens with one attached hydrogen (secondary N) is 3. The number of carbonyl (C=O) groups is 4. The molecule has 1 saturated carbocycles. The van der Waals surface area contributed by atoms with Crippen molar-refractivity contribution in [3.05, 3.63) is 41.5 Å². The third kappa shape index (κ3) is 9.83. The van der Waals surface area contributed by atoms with E-state index in [1.165, 1.54) is 0 Å². The van der Waals surface area contributed by atoms with Crippen LogP contribution in [-0.2, 0) is 39.8 Å². The van der Waals surface area contributed by atoms with Crippen molar-refractivity contribution in [1.82, 2.24) is 20.9 Å². The summed E-state index contributed by atoms with van der Waals surface area (Å²) in [6, 6.07) is 4.42. The van der Waals surface area contributed by atoms with E-state index < -0.39 is 35.5 Å². The number of hydrogen-bond acceptors (Lipinski definition) is 9. The molecular weight excluding hydrogens is 580 g/mol. The number of carbonyl (C=O) groups excluding carboxylic acids is 4. The highest BCUT2D eigenvalue weighted by molar-refractivity contribution is 5.98. The zero-order valence-electron chi connectivity index (χ0n) is 26.3. The fraction of sp³-hybridized carbons (Fsp3) is 0.636. The second-order valence-electron chi connectivity index (χ2n) is 12.6. The first-order valence-electron chi connectivity index (χ1n) is 16.0. The molecule has 3 amide bonds. The Morgan fingerprint density at radius 2 is 1.67 bits per heavy atom. The van der Waals surface area contributed by atoms with E-state index in [0.717, 1.165) is 43.2 Å². The predicted molar refractivity (Wildman–Crippen MR) is 165 cm³/mol. The molecule has 1 aromatic rings. The van der Waals surface area contributed by atoms with E-state index in [2.05, 4.69) is 22.0 Å². The molecular formula is C33H46N4O8. The Morgan fingerprint density at radius 3 is 2.29 bits per heavy atom. The lowest BCUT2D eigenvalue weighted by Crippen LogP contribution is -2.58. The van der Waals surface area contributed by atoms with Gasteiger partial charge in [-0.2, -0.15) is 0 Å². The summed E-state index contributed by atoms with van der Waals surface area (Å²) in [5, 5.41) is 8.64. The average Bonchev–Trinajstić information content (AvgIpc) is 3.97. The van der Waals surface area contributed by atoms with E-state index in [1.54, 1.807) is 26.2 Å². The summed E-state index contributed by atoms with van der Waals surface area (Å²) >= 11 is 0. The second kappa shape index (κ2) is 15.3.